The van der Waals surface area contributed by atoms with Gasteiger partial charge in [0, 0.05) is 17.6 Å². The predicted molar refractivity (Wildman–Crippen MR) is 79.0 cm³/mol. The lowest BCUT2D eigenvalue weighted by molar-refractivity contribution is -0.116. The molecular formula is C15H20ClNO2. The van der Waals surface area contributed by atoms with Gasteiger partial charge in [-0.15, -0.1) is 0 Å². The van der Waals surface area contributed by atoms with Crippen molar-refractivity contribution in [1.29, 1.82) is 0 Å². The van der Waals surface area contributed by atoms with Gasteiger partial charge in [-0.2, -0.15) is 0 Å². The monoisotopic (exact) mass is 281 g/mol. The Morgan fingerprint density at radius 2 is 2.00 bits per heavy atom. The molecule has 3 nitrogen and oxygen atoms in total. The summed E-state index contributed by atoms with van der Waals surface area (Å²) >= 11 is 5.77. The Kier molecular flexibility index (Phi) is 6.60. The van der Waals surface area contributed by atoms with Crippen molar-refractivity contribution in [3.63, 3.8) is 0 Å². The molecule has 4 heteroatoms. The summed E-state index contributed by atoms with van der Waals surface area (Å²) in [6.45, 7) is 4.35. The summed E-state index contributed by atoms with van der Waals surface area (Å²) in [7, 11) is 0. The van der Waals surface area contributed by atoms with Crippen LogP contribution < -0.4 is 5.32 Å². The molecule has 0 aromatic heterocycles. The average Bonchev–Trinajstić information content (AvgIpc) is 2.35. The Morgan fingerprint density at radius 1 is 1.37 bits per heavy atom. The third-order valence-electron chi connectivity index (χ3n) is 2.55. The van der Waals surface area contributed by atoms with Crippen LogP contribution in [0, 0.1) is 5.92 Å². The Morgan fingerprint density at radius 3 is 2.58 bits per heavy atom. The molecule has 1 amide bonds. The first-order valence-electron chi connectivity index (χ1n) is 6.37. The van der Waals surface area contributed by atoms with Gasteiger partial charge in [0.1, 0.15) is 0 Å². The number of carbonyl (C=O) groups excluding carboxylic acids is 1. The summed E-state index contributed by atoms with van der Waals surface area (Å²) in [4.78, 5) is 11.5. The van der Waals surface area contributed by atoms with E-state index in [0.29, 0.717) is 17.4 Å². The number of aliphatic hydroxyl groups excluding tert-OH is 1. The highest BCUT2D eigenvalue weighted by molar-refractivity contribution is 6.30. The minimum atomic E-state index is -0.493. The maximum absolute atomic E-state index is 11.5. The number of nitrogens with one attached hydrogen (secondary N) is 1. The van der Waals surface area contributed by atoms with Crippen LogP contribution in [0.4, 0.5) is 0 Å². The van der Waals surface area contributed by atoms with Crippen molar-refractivity contribution in [1.82, 2.24) is 5.32 Å². The van der Waals surface area contributed by atoms with Gasteiger partial charge >= 0.3 is 0 Å². The molecule has 19 heavy (non-hydrogen) atoms. The van der Waals surface area contributed by atoms with Gasteiger partial charge in [0.2, 0.25) is 5.91 Å². The number of halogens is 1. The topological polar surface area (TPSA) is 49.3 Å². The molecule has 0 heterocycles. The molecule has 0 spiro atoms. The Bertz CT molecular complexity index is 426. The first-order chi connectivity index (χ1) is 8.97. The number of rotatable bonds is 6. The van der Waals surface area contributed by atoms with Crippen molar-refractivity contribution >= 4 is 23.6 Å². The zero-order valence-electron chi connectivity index (χ0n) is 11.3. The van der Waals surface area contributed by atoms with Gasteiger partial charge in [-0.3, -0.25) is 4.79 Å². The standard InChI is InChI=1S/C15H20ClNO2/c1-11(2)9-14(18)10-17-15(19)8-5-12-3-6-13(16)7-4-12/h3-8,11,14,18H,9-10H2,1-2H3,(H,17,19)/b8-5+. The van der Waals surface area contributed by atoms with Gasteiger partial charge in [-0.25, -0.2) is 0 Å². The summed E-state index contributed by atoms with van der Waals surface area (Å²) in [6, 6.07) is 7.20. The largest absolute Gasteiger partial charge is 0.391 e. The van der Waals surface area contributed by atoms with Crippen LogP contribution in [0.1, 0.15) is 25.8 Å². The first kappa shape index (κ1) is 15.7. The summed E-state index contributed by atoms with van der Waals surface area (Å²) < 4.78 is 0. The number of aliphatic hydroxyl groups is 1. The highest BCUT2D eigenvalue weighted by Crippen LogP contribution is 2.10. The Hall–Kier alpha value is -1.32. The second-order valence-electron chi connectivity index (χ2n) is 4.91. The fourth-order valence-corrected chi connectivity index (χ4v) is 1.78. The lowest BCUT2D eigenvalue weighted by Crippen LogP contribution is -2.31. The quantitative estimate of drug-likeness (QED) is 0.788. The molecule has 0 aliphatic rings. The SMILES string of the molecule is CC(C)CC(O)CNC(=O)/C=C/c1ccc(Cl)cc1. The lowest BCUT2D eigenvalue weighted by Gasteiger charge is -2.12. The molecule has 0 saturated carbocycles. The van der Waals surface area contributed by atoms with E-state index in [1.807, 2.05) is 26.0 Å². The number of benzene rings is 1. The molecule has 0 saturated heterocycles. The summed E-state index contributed by atoms with van der Waals surface area (Å²) in [5.74, 6) is 0.203. The highest BCUT2D eigenvalue weighted by atomic mass is 35.5. The van der Waals surface area contributed by atoms with Crippen molar-refractivity contribution in [2.24, 2.45) is 5.92 Å². The molecular weight excluding hydrogens is 262 g/mol. The van der Waals surface area contributed by atoms with E-state index in [2.05, 4.69) is 5.32 Å². The molecule has 1 aromatic carbocycles. The number of amides is 1. The minimum absolute atomic E-state index is 0.210. The number of hydrogen-bond donors (Lipinski definition) is 2. The zero-order valence-corrected chi connectivity index (χ0v) is 12.0. The van der Waals surface area contributed by atoms with E-state index in [1.165, 1.54) is 6.08 Å². The van der Waals surface area contributed by atoms with Crippen molar-refractivity contribution in [2.75, 3.05) is 6.54 Å². The van der Waals surface area contributed by atoms with Gasteiger partial charge < -0.3 is 10.4 Å². The predicted octanol–water partition coefficient (Wildman–Crippen LogP) is 2.88. The van der Waals surface area contributed by atoms with Gasteiger partial charge in [0.15, 0.2) is 0 Å². The molecule has 104 valence electrons. The molecule has 1 unspecified atom stereocenters. The number of carbonyl (C=O) groups is 1. The summed E-state index contributed by atoms with van der Waals surface area (Å²) in [6.07, 6.45) is 3.35. The van der Waals surface area contributed by atoms with Crippen molar-refractivity contribution in [2.45, 2.75) is 26.4 Å². The van der Waals surface area contributed by atoms with Gasteiger partial charge in [-0.05, 0) is 36.1 Å². The van der Waals surface area contributed by atoms with Crippen LogP contribution >= 0.6 is 11.6 Å². The normalized spacial score (nSPS) is 12.9. The lowest BCUT2D eigenvalue weighted by atomic mass is 10.1. The molecule has 2 N–H and O–H groups in total. The maximum Gasteiger partial charge on any atom is 0.244 e. The van der Waals surface area contributed by atoms with Crippen LogP contribution in [0.5, 0.6) is 0 Å². The van der Waals surface area contributed by atoms with Crippen molar-refractivity contribution in [3.8, 4) is 0 Å². The zero-order chi connectivity index (χ0) is 14.3. The van der Waals surface area contributed by atoms with Gasteiger partial charge in [0.05, 0.1) is 6.10 Å². The molecule has 0 aliphatic carbocycles. The minimum Gasteiger partial charge on any atom is -0.391 e. The molecule has 0 aliphatic heterocycles. The van der Waals surface area contributed by atoms with Crippen molar-refractivity contribution < 1.29 is 9.90 Å². The average molecular weight is 282 g/mol. The van der Waals surface area contributed by atoms with Crippen molar-refractivity contribution in [3.05, 3.63) is 40.9 Å². The number of hydrogen-bond acceptors (Lipinski definition) is 2. The summed E-state index contributed by atoms with van der Waals surface area (Å²) in [5.41, 5.74) is 0.905. The third kappa shape index (κ3) is 6.99. The molecule has 1 aromatic rings. The Balaban J connectivity index is 2.36. The van der Waals surface area contributed by atoms with Crippen LogP contribution in [-0.2, 0) is 4.79 Å². The van der Waals surface area contributed by atoms with E-state index in [9.17, 15) is 9.90 Å². The second-order valence-corrected chi connectivity index (χ2v) is 5.35. The van der Waals surface area contributed by atoms with Gasteiger partial charge in [0.25, 0.3) is 0 Å². The van der Waals surface area contributed by atoms with Crippen LogP contribution in [0.2, 0.25) is 5.02 Å². The summed E-state index contributed by atoms with van der Waals surface area (Å²) in [5, 5.41) is 13.0. The van der Waals surface area contributed by atoms with E-state index in [1.54, 1.807) is 18.2 Å². The maximum atomic E-state index is 11.5. The molecule has 0 radical (unpaired) electrons. The van der Waals surface area contributed by atoms with E-state index in [4.69, 9.17) is 11.6 Å². The van der Waals surface area contributed by atoms with Crippen LogP contribution in [0.3, 0.4) is 0 Å². The van der Waals surface area contributed by atoms with E-state index in [0.717, 1.165) is 5.56 Å². The van der Waals surface area contributed by atoms with E-state index in [-0.39, 0.29) is 12.5 Å². The first-order valence-corrected chi connectivity index (χ1v) is 6.74. The fourth-order valence-electron chi connectivity index (χ4n) is 1.65. The van der Waals surface area contributed by atoms with Crippen LogP contribution in [-0.4, -0.2) is 23.7 Å². The van der Waals surface area contributed by atoms with E-state index >= 15 is 0 Å². The van der Waals surface area contributed by atoms with Crippen LogP contribution in [0.25, 0.3) is 6.08 Å². The Labute approximate surface area is 119 Å². The molecule has 0 fully saturated rings. The highest BCUT2D eigenvalue weighted by Gasteiger charge is 2.07. The van der Waals surface area contributed by atoms with Crippen LogP contribution in [0.15, 0.2) is 30.3 Å². The second kappa shape index (κ2) is 7.97. The molecule has 1 atom stereocenters. The van der Waals surface area contributed by atoms with Gasteiger partial charge in [-0.1, -0.05) is 37.6 Å². The molecule has 0 bridgehead atoms. The third-order valence-corrected chi connectivity index (χ3v) is 2.80. The van der Waals surface area contributed by atoms with E-state index < -0.39 is 6.10 Å². The smallest absolute Gasteiger partial charge is 0.244 e. The fraction of sp³-hybridized carbons (Fsp3) is 0.400. The molecule has 1 rings (SSSR count).